The summed E-state index contributed by atoms with van der Waals surface area (Å²) >= 11 is 11.9. The van der Waals surface area contributed by atoms with E-state index in [1.54, 1.807) is 41.2 Å². The van der Waals surface area contributed by atoms with Gasteiger partial charge in [-0.25, -0.2) is 0 Å². The molecular weight excluding hydrogens is 247 g/mol. The fraction of sp³-hybridized carbons (Fsp3) is 0. The molecule has 0 aliphatic heterocycles. The molecule has 16 heavy (non-hydrogen) atoms. The SMILES string of the molecule is NC(=O)c1ccn(-c2cccc(Cl)c2Cl)c1. The number of hydrogen-bond acceptors (Lipinski definition) is 1. The van der Waals surface area contributed by atoms with E-state index in [-0.39, 0.29) is 0 Å². The van der Waals surface area contributed by atoms with Gasteiger partial charge in [-0.05, 0) is 18.2 Å². The Hall–Kier alpha value is -1.45. The van der Waals surface area contributed by atoms with E-state index in [0.29, 0.717) is 21.3 Å². The quantitative estimate of drug-likeness (QED) is 0.881. The summed E-state index contributed by atoms with van der Waals surface area (Å²) in [4.78, 5) is 10.9. The molecule has 0 fully saturated rings. The van der Waals surface area contributed by atoms with Gasteiger partial charge in [0.1, 0.15) is 0 Å². The maximum absolute atomic E-state index is 10.9. The van der Waals surface area contributed by atoms with Gasteiger partial charge in [-0.1, -0.05) is 29.3 Å². The predicted molar refractivity (Wildman–Crippen MR) is 64.3 cm³/mol. The highest BCUT2D eigenvalue weighted by molar-refractivity contribution is 6.43. The normalized spacial score (nSPS) is 10.4. The summed E-state index contributed by atoms with van der Waals surface area (Å²) in [5.41, 5.74) is 6.30. The van der Waals surface area contributed by atoms with E-state index >= 15 is 0 Å². The number of benzene rings is 1. The number of carbonyl (C=O) groups is 1. The van der Waals surface area contributed by atoms with E-state index < -0.39 is 5.91 Å². The Bertz CT molecular complexity index is 549. The molecule has 5 heteroatoms. The standard InChI is InChI=1S/C11H8Cl2N2O/c12-8-2-1-3-9(10(8)13)15-5-4-7(6-15)11(14)16/h1-6H,(H2,14,16). The fourth-order valence-electron chi connectivity index (χ4n) is 1.38. The van der Waals surface area contributed by atoms with Gasteiger partial charge in [0.05, 0.1) is 21.3 Å². The summed E-state index contributed by atoms with van der Waals surface area (Å²) in [6, 6.07) is 6.91. The van der Waals surface area contributed by atoms with E-state index in [1.165, 1.54) is 0 Å². The third kappa shape index (κ3) is 1.92. The highest BCUT2D eigenvalue weighted by Gasteiger charge is 2.08. The molecule has 0 bridgehead atoms. The number of halogens is 2. The molecule has 1 aromatic heterocycles. The van der Waals surface area contributed by atoms with Crippen molar-refractivity contribution in [3.05, 3.63) is 52.3 Å². The number of rotatable bonds is 2. The number of carbonyl (C=O) groups excluding carboxylic acids is 1. The van der Waals surface area contributed by atoms with Gasteiger partial charge >= 0.3 is 0 Å². The first-order chi connectivity index (χ1) is 7.59. The van der Waals surface area contributed by atoms with Crippen LogP contribution in [0.15, 0.2) is 36.7 Å². The minimum absolute atomic E-state index is 0.427. The lowest BCUT2D eigenvalue weighted by Gasteiger charge is -2.06. The molecule has 2 N–H and O–H groups in total. The molecule has 0 aliphatic rings. The van der Waals surface area contributed by atoms with Crippen LogP contribution >= 0.6 is 23.2 Å². The lowest BCUT2D eigenvalue weighted by molar-refractivity contribution is 0.100. The zero-order chi connectivity index (χ0) is 11.7. The Labute approximate surface area is 102 Å². The van der Waals surface area contributed by atoms with E-state index in [9.17, 15) is 4.79 Å². The first-order valence-corrected chi connectivity index (χ1v) is 5.27. The van der Waals surface area contributed by atoms with Crippen molar-refractivity contribution in [1.29, 1.82) is 0 Å². The highest BCUT2D eigenvalue weighted by atomic mass is 35.5. The summed E-state index contributed by atoms with van der Waals surface area (Å²) in [5, 5.41) is 0.907. The van der Waals surface area contributed by atoms with Gasteiger partial charge < -0.3 is 10.3 Å². The molecule has 0 radical (unpaired) electrons. The summed E-state index contributed by atoms with van der Waals surface area (Å²) in [5.74, 6) is -0.475. The zero-order valence-corrected chi connectivity index (χ0v) is 9.66. The van der Waals surface area contributed by atoms with Crippen molar-refractivity contribution in [3.8, 4) is 5.69 Å². The lowest BCUT2D eigenvalue weighted by Crippen LogP contribution is -2.09. The van der Waals surface area contributed by atoms with E-state index in [2.05, 4.69) is 0 Å². The average Bonchev–Trinajstić information content (AvgIpc) is 2.71. The topological polar surface area (TPSA) is 48.0 Å². The van der Waals surface area contributed by atoms with Gasteiger partial charge in [0.25, 0.3) is 0 Å². The minimum atomic E-state index is -0.475. The van der Waals surface area contributed by atoms with Crippen molar-refractivity contribution >= 4 is 29.1 Å². The molecule has 82 valence electrons. The largest absolute Gasteiger partial charge is 0.366 e. The maximum Gasteiger partial charge on any atom is 0.250 e. The number of primary amides is 1. The lowest BCUT2D eigenvalue weighted by atomic mass is 10.3. The van der Waals surface area contributed by atoms with Crippen molar-refractivity contribution in [2.75, 3.05) is 0 Å². The van der Waals surface area contributed by atoms with E-state index in [1.807, 2.05) is 0 Å². The fourth-order valence-corrected chi connectivity index (χ4v) is 1.78. The Morgan fingerprint density at radius 2 is 2.00 bits per heavy atom. The van der Waals surface area contributed by atoms with Crippen LogP contribution in [-0.4, -0.2) is 10.5 Å². The van der Waals surface area contributed by atoms with E-state index in [4.69, 9.17) is 28.9 Å². The molecule has 2 rings (SSSR count). The highest BCUT2D eigenvalue weighted by Crippen LogP contribution is 2.28. The number of nitrogens with two attached hydrogens (primary N) is 1. The van der Waals surface area contributed by atoms with Crippen molar-refractivity contribution in [1.82, 2.24) is 4.57 Å². The Kier molecular flexibility index (Phi) is 2.90. The van der Waals surface area contributed by atoms with Crippen LogP contribution in [0.5, 0.6) is 0 Å². The van der Waals surface area contributed by atoms with Crippen molar-refractivity contribution in [2.45, 2.75) is 0 Å². The van der Waals surface area contributed by atoms with Crippen molar-refractivity contribution in [3.63, 3.8) is 0 Å². The molecule has 2 aromatic rings. The second-order valence-corrected chi connectivity index (χ2v) is 4.03. The van der Waals surface area contributed by atoms with Crippen LogP contribution in [0.3, 0.4) is 0 Å². The molecular formula is C11H8Cl2N2O. The molecule has 0 spiro atoms. The van der Waals surface area contributed by atoms with Gasteiger partial charge in [-0.2, -0.15) is 0 Å². The first-order valence-electron chi connectivity index (χ1n) is 4.52. The van der Waals surface area contributed by atoms with Crippen molar-refractivity contribution < 1.29 is 4.79 Å². The van der Waals surface area contributed by atoms with Crippen LogP contribution in [0.1, 0.15) is 10.4 Å². The van der Waals surface area contributed by atoms with Crippen LogP contribution in [0.25, 0.3) is 5.69 Å². The van der Waals surface area contributed by atoms with Crippen molar-refractivity contribution in [2.24, 2.45) is 5.73 Å². The zero-order valence-electron chi connectivity index (χ0n) is 8.15. The molecule has 0 saturated heterocycles. The molecule has 0 aliphatic carbocycles. The monoisotopic (exact) mass is 254 g/mol. The van der Waals surface area contributed by atoms with E-state index in [0.717, 1.165) is 0 Å². The Morgan fingerprint density at radius 1 is 1.25 bits per heavy atom. The molecule has 1 heterocycles. The summed E-state index contributed by atoms with van der Waals surface area (Å²) in [6.45, 7) is 0. The molecule has 1 amide bonds. The smallest absolute Gasteiger partial charge is 0.250 e. The van der Waals surface area contributed by atoms with Crippen LogP contribution in [0, 0.1) is 0 Å². The number of aromatic nitrogens is 1. The van der Waals surface area contributed by atoms with Gasteiger partial charge in [0.2, 0.25) is 5.91 Å². The average molecular weight is 255 g/mol. The van der Waals surface area contributed by atoms with Crippen LogP contribution in [-0.2, 0) is 0 Å². The van der Waals surface area contributed by atoms with Gasteiger partial charge in [0, 0.05) is 12.4 Å². The van der Waals surface area contributed by atoms with Gasteiger partial charge in [-0.15, -0.1) is 0 Å². The minimum Gasteiger partial charge on any atom is -0.366 e. The third-order valence-corrected chi connectivity index (χ3v) is 3.00. The van der Waals surface area contributed by atoms with Gasteiger partial charge in [0.15, 0.2) is 0 Å². The summed E-state index contributed by atoms with van der Waals surface area (Å²) in [6.07, 6.45) is 3.32. The third-order valence-electron chi connectivity index (χ3n) is 2.19. The molecule has 1 aromatic carbocycles. The Morgan fingerprint density at radius 3 is 2.62 bits per heavy atom. The van der Waals surface area contributed by atoms with Crippen LogP contribution in [0.2, 0.25) is 10.0 Å². The second-order valence-electron chi connectivity index (χ2n) is 3.24. The van der Waals surface area contributed by atoms with Gasteiger partial charge in [-0.3, -0.25) is 4.79 Å². The predicted octanol–water partition coefficient (Wildman–Crippen LogP) is 2.88. The second kappa shape index (κ2) is 4.20. The summed E-state index contributed by atoms with van der Waals surface area (Å²) < 4.78 is 1.70. The first kappa shape index (κ1) is 11.0. The number of amides is 1. The summed E-state index contributed by atoms with van der Waals surface area (Å²) in [7, 11) is 0. The Balaban J connectivity index is 2.50. The molecule has 0 atom stereocenters. The van der Waals surface area contributed by atoms with Crippen LogP contribution in [0.4, 0.5) is 0 Å². The number of hydrogen-bond donors (Lipinski definition) is 1. The molecule has 0 unspecified atom stereocenters. The molecule has 3 nitrogen and oxygen atoms in total. The van der Waals surface area contributed by atoms with Crippen LogP contribution < -0.4 is 5.73 Å². The number of nitrogens with zero attached hydrogens (tertiary/aromatic N) is 1. The molecule has 0 saturated carbocycles. The maximum atomic E-state index is 10.9.